The first-order chi connectivity index (χ1) is 12.2. The zero-order valence-corrected chi connectivity index (χ0v) is 15.2. The molecule has 1 fully saturated rings. The van der Waals surface area contributed by atoms with Crippen molar-refractivity contribution in [1.29, 1.82) is 0 Å². The zero-order chi connectivity index (χ0) is 19.2. The third-order valence-electron chi connectivity index (χ3n) is 4.99. The molecule has 1 saturated carbocycles. The molecule has 2 aromatic carbocycles. The van der Waals surface area contributed by atoms with Crippen molar-refractivity contribution in [2.75, 3.05) is 0 Å². The fourth-order valence-electron chi connectivity index (χ4n) is 3.77. The lowest BCUT2D eigenvalue weighted by Gasteiger charge is -2.20. The van der Waals surface area contributed by atoms with Crippen LogP contribution < -0.4 is 5.73 Å². The van der Waals surface area contributed by atoms with Gasteiger partial charge in [-0.3, -0.25) is 4.79 Å². The van der Waals surface area contributed by atoms with E-state index in [0.29, 0.717) is 11.1 Å². The largest absolute Gasteiger partial charge is 0.481 e. The van der Waals surface area contributed by atoms with Crippen LogP contribution in [-0.2, 0) is 4.79 Å². The van der Waals surface area contributed by atoms with Gasteiger partial charge in [-0.05, 0) is 67.9 Å². The summed E-state index contributed by atoms with van der Waals surface area (Å²) in [6.45, 7) is 5.76. The summed E-state index contributed by atoms with van der Waals surface area (Å²) in [5.74, 6) is -2.57. The molecule has 0 spiro atoms. The van der Waals surface area contributed by atoms with Crippen molar-refractivity contribution in [3.05, 3.63) is 57.7 Å². The Hall–Kier alpha value is -2.27. The van der Waals surface area contributed by atoms with E-state index in [-0.39, 0.29) is 11.5 Å². The van der Waals surface area contributed by atoms with Crippen molar-refractivity contribution in [3.63, 3.8) is 0 Å². The number of carbonyl (C=O) groups is 1. The maximum absolute atomic E-state index is 15.3. The fraction of sp³-hybridized carbons (Fsp3) is 0.381. The minimum Gasteiger partial charge on any atom is -0.481 e. The van der Waals surface area contributed by atoms with Gasteiger partial charge in [0.25, 0.3) is 0 Å². The Bertz CT molecular complexity index is 865. The molecular weight excluding hydrogens is 336 g/mol. The van der Waals surface area contributed by atoms with Crippen LogP contribution in [0.5, 0.6) is 0 Å². The third-order valence-corrected chi connectivity index (χ3v) is 4.99. The SMILES string of the molecule is Cc1cc(C)c(-c2cc(C3CC3)c(F)c([C@@H](N)CC(=O)O)c2F)c(C)c1. The molecule has 0 saturated heterocycles. The Morgan fingerprint density at radius 3 is 2.23 bits per heavy atom. The van der Waals surface area contributed by atoms with Crippen molar-refractivity contribution in [2.45, 2.75) is 52.0 Å². The lowest BCUT2D eigenvalue weighted by atomic mass is 9.88. The van der Waals surface area contributed by atoms with Gasteiger partial charge in [0.2, 0.25) is 0 Å². The number of carboxylic acids is 1. The fourth-order valence-corrected chi connectivity index (χ4v) is 3.77. The van der Waals surface area contributed by atoms with Gasteiger partial charge in [-0.2, -0.15) is 0 Å². The van der Waals surface area contributed by atoms with E-state index in [1.54, 1.807) is 6.07 Å². The molecule has 3 nitrogen and oxygen atoms in total. The van der Waals surface area contributed by atoms with Gasteiger partial charge in [-0.15, -0.1) is 0 Å². The number of aliphatic carboxylic acids is 1. The second-order valence-electron chi connectivity index (χ2n) is 7.31. The smallest absolute Gasteiger partial charge is 0.305 e. The molecule has 1 aliphatic rings. The lowest BCUT2D eigenvalue weighted by molar-refractivity contribution is -0.137. The van der Waals surface area contributed by atoms with Crippen molar-refractivity contribution in [3.8, 4) is 11.1 Å². The van der Waals surface area contributed by atoms with Crippen LogP contribution in [-0.4, -0.2) is 11.1 Å². The summed E-state index contributed by atoms with van der Waals surface area (Å²) >= 11 is 0. The van der Waals surface area contributed by atoms with E-state index in [0.717, 1.165) is 35.1 Å². The first kappa shape index (κ1) is 18.5. The van der Waals surface area contributed by atoms with Gasteiger partial charge in [0.15, 0.2) is 0 Å². The molecule has 0 unspecified atom stereocenters. The number of halogens is 2. The van der Waals surface area contributed by atoms with E-state index in [2.05, 4.69) is 0 Å². The monoisotopic (exact) mass is 359 g/mol. The van der Waals surface area contributed by atoms with Crippen LogP contribution >= 0.6 is 0 Å². The number of benzene rings is 2. The Balaban J connectivity index is 2.26. The molecule has 3 rings (SSSR count). The van der Waals surface area contributed by atoms with Gasteiger partial charge in [0.05, 0.1) is 6.42 Å². The van der Waals surface area contributed by atoms with Crippen LogP contribution in [0.15, 0.2) is 18.2 Å². The molecule has 1 atom stereocenters. The number of aryl methyl sites for hydroxylation is 3. The number of carboxylic acid groups (broad SMARTS) is 1. The quantitative estimate of drug-likeness (QED) is 0.797. The molecule has 0 radical (unpaired) electrons. The molecule has 5 heteroatoms. The van der Waals surface area contributed by atoms with E-state index in [4.69, 9.17) is 10.8 Å². The summed E-state index contributed by atoms with van der Waals surface area (Å²) in [5, 5.41) is 9.00. The summed E-state index contributed by atoms with van der Waals surface area (Å²) in [6.07, 6.45) is 1.18. The summed E-state index contributed by atoms with van der Waals surface area (Å²) in [4.78, 5) is 11.0. The van der Waals surface area contributed by atoms with Crippen LogP contribution in [0.1, 0.15) is 59.0 Å². The van der Waals surface area contributed by atoms with Crippen molar-refractivity contribution >= 4 is 5.97 Å². The van der Waals surface area contributed by atoms with Crippen LogP contribution in [0.4, 0.5) is 8.78 Å². The highest BCUT2D eigenvalue weighted by molar-refractivity contribution is 5.74. The number of nitrogens with two attached hydrogens (primary N) is 1. The first-order valence-corrected chi connectivity index (χ1v) is 8.78. The normalized spacial score (nSPS) is 15.2. The Morgan fingerprint density at radius 1 is 1.15 bits per heavy atom. The van der Waals surface area contributed by atoms with Crippen LogP contribution in [0.25, 0.3) is 11.1 Å². The molecule has 0 bridgehead atoms. The molecule has 3 N–H and O–H groups in total. The van der Waals surface area contributed by atoms with Crippen LogP contribution in [0, 0.1) is 32.4 Å². The molecule has 2 aromatic rings. The Labute approximate surface area is 151 Å². The maximum atomic E-state index is 15.3. The second kappa shape index (κ2) is 6.80. The summed E-state index contributed by atoms with van der Waals surface area (Å²) < 4.78 is 30.3. The van der Waals surface area contributed by atoms with E-state index in [9.17, 15) is 9.18 Å². The van der Waals surface area contributed by atoms with Gasteiger partial charge < -0.3 is 10.8 Å². The van der Waals surface area contributed by atoms with E-state index in [1.807, 2.05) is 32.9 Å². The summed E-state index contributed by atoms with van der Waals surface area (Å²) in [5.41, 5.74) is 9.88. The average molecular weight is 359 g/mol. The number of hydrogen-bond acceptors (Lipinski definition) is 2. The molecular formula is C21H23F2NO2. The zero-order valence-electron chi connectivity index (χ0n) is 15.2. The molecule has 1 aliphatic carbocycles. The highest BCUT2D eigenvalue weighted by atomic mass is 19.1. The van der Waals surface area contributed by atoms with E-state index < -0.39 is 30.1 Å². The standard InChI is InChI=1S/C21H23F2NO2/c1-10-6-11(2)18(12(3)7-10)15-8-14(13-4-5-13)20(22)19(21(15)23)16(24)9-17(25)26/h6-8,13,16H,4-5,9,24H2,1-3H3,(H,25,26)/t16-/m0/s1. The van der Waals surface area contributed by atoms with E-state index in [1.165, 1.54) is 0 Å². The minimum atomic E-state index is -1.23. The molecule has 26 heavy (non-hydrogen) atoms. The average Bonchev–Trinajstić information content (AvgIpc) is 3.32. The van der Waals surface area contributed by atoms with Gasteiger partial charge in [-0.25, -0.2) is 8.78 Å². The van der Waals surface area contributed by atoms with Crippen molar-refractivity contribution < 1.29 is 18.7 Å². The maximum Gasteiger partial charge on any atom is 0.305 e. The summed E-state index contributed by atoms with van der Waals surface area (Å²) in [7, 11) is 0. The third kappa shape index (κ3) is 3.36. The molecule has 0 aliphatic heterocycles. The van der Waals surface area contributed by atoms with E-state index >= 15 is 4.39 Å². The molecule has 138 valence electrons. The minimum absolute atomic E-state index is 0.0520. The van der Waals surface area contributed by atoms with Crippen molar-refractivity contribution in [1.82, 2.24) is 0 Å². The lowest BCUT2D eigenvalue weighted by Crippen LogP contribution is -2.19. The summed E-state index contributed by atoms with van der Waals surface area (Å²) in [6, 6.07) is 4.28. The van der Waals surface area contributed by atoms with Crippen LogP contribution in [0.3, 0.4) is 0 Å². The molecule has 0 amide bonds. The highest BCUT2D eigenvalue weighted by Gasteiger charge is 2.33. The Kier molecular flexibility index (Phi) is 4.84. The topological polar surface area (TPSA) is 63.3 Å². The highest BCUT2D eigenvalue weighted by Crippen LogP contribution is 2.46. The van der Waals surface area contributed by atoms with Gasteiger partial charge >= 0.3 is 5.97 Å². The Morgan fingerprint density at radius 2 is 1.73 bits per heavy atom. The number of rotatable bonds is 5. The van der Waals surface area contributed by atoms with Gasteiger partial charge in [-0.1, -0.05) is 17.7 Å². The van der Waals surface area contributed by atoms with Gasteiger partial charge in [0, 0.05) is 17.2 Å². The van der Waals surface area contributed by atoms with Crippen LogP contribution in [0.2, 0.25) is 0 Å². The first-order valence-electron chi connectivity index (χ1n) is 8.78. The van der Waals surface area contributed by atoms with Gasteiger partial charge in [0.1, 0.15) is 11.6 Å². The van der Waals surface area contributed by atoms with Crippen molar-refractivity contribution in [2.24, 2.45) is 5.73 Å². The predicted octanol–water partition coefficient (Wildman–Crippen LogP) is 4.91. The predicted molar refractivity (Wildman–Crippen MR) is 97.2 cm³/mol. The second-order valence-corrected chi connectivity index (χ2v) is 7.31. The number of hydrogen-bond donors (Lipinski definition) is 2. The molecule has 0 aromatic heterocycles. The molecule has 0 heterocycles.